The highest BCUT2D eigenvalue weighted by atomic mass is 32.2. The summed E-state index contributed by atoms with van der Waals surface area (Å²) in [5.74, 6) is 0.992. The molecule has 1 amide bonds. The summed E-state index contributed by atoms with van der Waals surface area (Å²) < 4.78 is 11.2. The van der Waals surface area contributed by atoms with Crippen molar-refractivity contribution in [2.75, 3.05) is 19.0 Å². The van der Waals surface area contributed by atoms with E-state index in [4.69, 9.17) is 9.47 Å². The van der Waals surface area contributed by atoms with Gasteiger partial charge in [0.05, 0.1) is 0 Å². The van der Waals surface area contributed by atoms with Gasteiger partial charge in [0, 0.05) is 12.2 Å². The Kier molecular flexibility index (Phi) is 5.54. The van der Waals surface area contributed by atoms with Gasteiger partial charge in [-0.2, -0.15) is 0 Å². The van der Waals surface area contributed by atoms with Gasteiger partial charge in [-0.3, -0.25) is 4.79 Å². The maximum absolute atomic E-state index is 12.7. The Morgan fingerprint density at radius 2 is 1.86 bits per heavy atom. The molecule has 0 aromatic heterocycles. The lowest BCUT2D eigenvalue weighted by atomic mass is 10.0. The Hall–Kier alpha value is -2.47. The Morgan fingerprint density at radius 3 is 2.59 bits per heavy atom. The number of benzene rings is 2. The highest BCUT2D eigenvalue weighted by Gasteiger charge is 2.57. The summed E-state index contributed by atoms with van der Waals surface area (Å²) in [5.41, 5.74) is 3.33. The average molecular weight is 412 g/mol. The van der Waals surface area contributed by atoms with Gasteiger partial charge in [0.2, 0.25) is 5.91 Å². The van der Waals surface area contributed by atoms with Crippen LogP contribution in [0.1, 0.15) is 29.5 Å². The number of carbonyl (C=O) groups is 2. The van der Waals surface area contributed by atoms with Crippen molar-refractivity contribution in [3.8, 4) is 5.75 Å². The van der Waals surface area contributed by atoms with Crippen molar-refractivity contribution in [1.82, 2.24) is 4.90 Å². The number of nitrogens with zero attached hydrogens (tertiary/aromatic N) is 1. The van der Waals surface area contributed by atoms with Crippen molar-refractivity contribution in [2.45, 2.75) is 37.6 Å². The summed E-state index contributed by atoms with van der Waals surface area (Å²) in [6.45, 7) is 4.48. The first-order valence-corrected chi connectivity index (χ1v) is 10.9. The minimum absolute atomic E-state index is 0.0206. The summed E-state index contributed by atoms with van der Waals surface area (Å²) in [6, 6.07) is 15.4. The Labute approximate surface area is 175 Å². The summed E-state index contributed by atoms with van der Waals surface area (Å²) in [4.78, 5) is 26.7. The lowest BCUT2D eigenvalue weighted by Crippen LogP contribution is -2.46. The van der Waals surface area contributed by atoms with Gasteiger partial charge in [0.1, 0.15) is 29.9 Å². The Morgan fingerprint density at radius 1 is 1.14 bits per heavy atom. The Balaban J connectivity index is 1.37. The van der Waals surface area contributed by atoms with Gasteiger partial charge in [0.25, 0.3) is 0 Å². The second-order valence-electron chi connectivity index (χ2n) is 7.58. The monoisotopic (exact) mass is 411 g/mol. The molecule has 2 aromatic carbocycles. The third-order valence-corrected chi connectivity index (χ3v) is 7.01. The molecule has 5 nitrogen and oxygen atoms in total. The van der Waals surface area contributed by atoms with E-state index in [1.54, 1.807) is 16.7 Å². The molecule has 2 aliphatic heterocycles. The van der Waals surface area contributed by atoms with E-state index in [2.05, 4.69) is 6.07 Å². The molecular formula is C23H25NO4S. The summed E-state index contributed by atoms with van der Waals surface area (Å²) in [6.07, 6.45) is 1.18. The van der Waals surface area contributed by atoms with Crippen LogP contribution in [0.5, 0.6) is 5.75 Å². The van der Waals surface area contributed by atoms with E-state index in [1.807, 2.05) is 56.3 Å². The minimum Gasteiger partial charge on any atom is -0.490 e. The fourth-order valence-electron chi connectivity index (χ4n) is 4.23. The first-order chi connectivity index (χ1) is 14.0. The van der Waals surface area contributed by atoms with Crippen molar-refractivity contribution >= 4 is 23.6 Å². The van der Waals surface area contributed by atoms with Crippen molar-refractivity contribution in [3.63, 3.8) is 0 Å². The molecule has 0 saturated carbocycles. The van der Waals surface area contributed by atoms with Gasteiger partial charge >= 0.3 is 5.97 Å². The first-order valence-electron chi connectivity index (χ1n) is 9.89. The number of esters is 1. The topological polar surface area (TPSA) is 55.8 Å². The number of hydrogen-bond donors (Lipinski definition) is 0. The normalized spacial score (nSPS) is 23.2. The molecule has 2 fully saturated rings. The molecule has 2 atom stereocenters. The highest BCUT2D eigenvalue weighted by Crippen LogP contribution is 2.54. The van der Waals surface area contributed by atoms with E-state index in [9.17, 15) is 9.59 Å². The van der Waals surface area contributed by atoms with Crippen molar-refractivity contribution in [3.05, 3.63) is 65.2 Å². The number of amides is 1. The lowest BCUT2D eigenvalue weighted by molar-refractivity contribution is -0.154. The first kappa shape index (κ1) is 19.8. The van der Waals surface area contributed by atoms with Crippen molar-refractivity contribution in [2.24, 2.45) is 0 Å². The second-order valence-corrected chi connectivity index (χ2v) is 8.88. The lowest BCUT2D eigenvalue weighted by Gasteiger charge is -2.33. The molecule has 0 N–H and O–H groups in total. The fourth-order valence-corrected chi connectivity index (χ4v) is 5.87. The smallest absolute Gasteiger partial charge is 0.329 e. The third kappa shape index (κ3) is 3.86. The van der Waals surface area contributed by atoms with Gasteiger partial charge in [-0.05, 0) is 49.1 Å². The molecule has 2 saturated heterocycles. The molecule has 2 aliphatic rings. The zero-order valence-electron chi connectivity index (χ0n) is 16.7. The fraction of sp³-hybridized carbons (Fsp3) is 0.391. The van der Waals surface area contributed by atoms with Gasteiger partial charge in [-0.1, -0.05) is 36.4 Å². The molecule has 6 heteroatoms. The van der Waals surface area contributed by atoms with Crippen LogP contribution >= 0.6 is 11.8 Å². The predicted molar refractivity (Wildman–Crippen MR) is 113 cm³/mol. The van der Waals surface area contributed by atoms with Gasteiger partial charge in [-0.25, -0.2) is 4.79 Å². The van der Waals surface area contributed by atoms with Gasteiger partial charge in [-0.15, -0.1) is 11.8 Å². The third-order valence-electron chi connectivity index (χ3n) is 5.42. The number of aryl methyl sites for hydroxylation is 2. The van der Waals surface area contributed by atoms with Crippen LogP contribution in [0.3, 0.4) is 0 Å². The highest BCUT2D eigenvalue weighted by molar-refractivity contribution is 8.00. The van der Waals surface area contributed by atoms with E-state index in [0.29, 0.717) is 12.2 Å². The summed E-state index contributed by atoms with van der Waals surface area (Å²) in [5, 5.41) is 0. The van der Waals surface area contributed by atoms with Crippen LogP contribution in [0, 0.1) is 13.8 Å². The quantitative estimate of drug-likeness (QED) is 0.534. The molecule has 2 aromatic rings. The van der Waals surface area contributed by atoms with E-state index in [0.717, 1.165) is 28.9 Å². The largest absolute Gasteiger partial charge is 0.490 e. The summed E-state index contributed by atoms with van der Waals surface area (Å²) in [7, 11) is 0. The second kappa shape index (κ2) is 8.11. The number of carbonyl (C=O) groups excluding carboxylic acids is 2. The molecule has 152 valence electrons. The van der Waals surface area contributed by atoms with Crippen LogP contribution in [0.4, 0.5) is 0 Å². The van der Waals surface area contributed by atoms with Crippen LogP contribution < -0.4 is 4.74 Å². The summed E-state index contributed by atoms with van der Waals surface area (Å²) >= 11 is 1.67. The van der Waals surface area contributed by atoms with Gasteiger partial charge < -0.3 is 14.4 Å². The molecule has 2 heterocycles. The molecule has 0 unspecified atom stereocenters. The number of rotatable bonds is 6. The van der Waals surface area contributed by atoms with Crippen LogP contribution in [-0.2, 0) is 19.2 Å². The molecule has 0 aliphatic carbocycles. The Bertz CT molecular complexity index is 896. The SMILES string of the molecule is Cc1cc(C)cc(OCCOC(=O)[C@@H]2CS[C@]3(c4ccccc4)CCC(=O)N23)c1. The van der Waals surface area contributed by atoms with Crippen molar-refractivity contribution in [1.29, 1.82) is 0 Å². The van der Waals surface area contributed by atoms with Gasteiger partial charge in [0.15, 0.2) is 0 Å². The average Bonchev–Trinajstić information content (AvgIpc) is 3.24. The van der Waals surface area contributed by atoms with E-state index in [1.165, 1.54) is 0 Å². The predicted octanol–water partition coefficient (Wildman–Crippen LogP) is 3.82. The zero-order valence-corrected chi connectivity index (χ0v) is 17.5. The van der Waals surface area contributed by atoms with Crippen LogP contribution in [-0.4, -0.2) is 41.8 Å². The zero-order chi connectivity index (χ0) is 20.4. The van der Waals surface area contributed by atoms with Crippen LogP contribution in [0.2, 0.25) is 0 Å². The minimum atomic E-state index is -0.545. The van der Waals surface area contributed by atoms with E-state index in [-0.39, 0.29) is 25.1 Å². The molecule has 29 heavy (non-hydrogen) atoms. The van der Waals surface area contributed by atoms with Crippen molar-refractivity contribution < 1.29 is 19.1 Å². The number of ether oxygens (including phenoxy) is 2. The standard InChI is InChI=1S/C23H25NO4S/c1-16-12-17(2)14-19(13-16)27-10-11-28-22(26)20-15-29-23(9-8-21(25)24(20)23)18-6-4-3-5-7-18/h3-7,12-14,20H,8-11,15H2,1-2H3/t20-,23-/m0/s1. The number of fused-ring (bicyclic) bond motifs is 1. The van der Waals surface area contributed by atoms with E-state index < -0.39 is 10.9 Å². The number of thioether (sulfide) groups is 1. The molecule has 4 rings (SSSR count). The molecule has 0 bridgehead atoms. The van der Waals surface area contributed by atoms with Crippen LogP contribution in [0.15, 0.2) is 48.5 Å². The van der Waals surface area contributed by atoms with E-state index >= 15 is 0 Å². The molecule has 0 radical (unpaired) electrons. The van der Waals surface area contributed by atoms with Crippen LogP contribution in [0.25, 0.3) is 0 Å². The molecular weight excluding hydrogens is 386 g/mol. The number of hydrogen-bond acceptors (Lipinski definition) is 5. The maximum Gasteiger partial charge on any atom is 0.329 e. The molecule has 0 spiro atoms. The maximum atomic E-state index is 12.7.